The minimum atomic E-state index is -3.82. The van der Waals surface area contributed by atoms with E-state index < -0.39 is 9.84 Å². The summed E-state index contributed by atoms with van der Waals surface area (Å²) in [6.07, 6.45) is 0. The van der Waals surface area contributed by atoms with Crippen LogP contribution in [0.1, 0.15) is 6.92 Å². The van der Waals surface area contributed by atoms with Crippen LogP contribution in [-0.4, -0.2) is 34.6 Å². The highest BCUT2D eigenvalue weighted by molar-refractivity contribution is 7.91. The first-order chi connectivity index (χ1) is 15.0. The minimum absolute atomic E-state index is 0.0283. The topological polar surface area (TPSA) is 93.7 Å². The van der Waals surface area contributed by atoms with E-state index in [1.165, 1.54) is 25.3 Å². The summed E-state index contributed by atoms with van der Waals surface area (Å²) in [4.78, 5) is 12.7. The van der Waals surface area contributed by atoms with Crippen LogP contribution in [0.2, 0.25) is 0 Å². The number of ether oxygens (including phenoxy) is 2. The van der Waals surface area contributed by atoms with Gasteiger partial charge in [-0.1, -0.05) is 30.3 Å². The smallest absolute Gasteiger partial charge is 0.243 e. The lowest BCUT2D eigenvalue weighted by molar-refractivity contribution is -0.114. The molecule has 0 heterocycles. The second kappa shape index (κ2) is 9.99. The molecule has 0 aliphatic rings. The standard InChI is InChI=1S/C23H24N2O5S/c1-3-30-21-12-8-7-11-19(21)25-23(26)16-24-20-14-13-17(29-2)15-22(20)31(27,28)18-9-5-4-6-10-18/h4-15,24H,3,16H2,1-2H3,(H,25,26). The third kappa shape index (κ3) is 5.35. The van der Waals surface area contributed by atoms with Gasteiger partial charge in [0.05, 0.1) is 41.4 Å². The Balaban J connectivity index is 1.82. The number of carbonyl (C=O) groups excluding carboxylic acids is 1. The molecule has 0 spiro atoms. The van der Waals surface area contributed by atoms with Crippen molar-refractivity contribution < 1.29 is 22.7 Å². The second-order valence-electron chi connectivity index (χ2n) is 6.51. The molecule has 0 radical (unpaired) electrons. The van der Waals surface area contributed by atoms with Crippen LogP contribution < -0.4 is 20.1 Å². The van der Waals surface area contributed by atoms with Crippen LogP contribution in [0.15, 0.2) is 82.6 Å². The molecule has 0 unspecified atom stereocenters. The SMILES string of the molecule is CCOc1ccccc1NC(=O)CNc1ccc(OC)cc1S(=O)(=O)c1ccccc1. The zero-order valence-electron chi connectivity index (χ0n) is 17.3. The lowest BCUT2D eigenvalue weighted by Crippen LogP contribution is -2.23. The molecule has 3 rings (SSSR count). The number of sulfone groups is 1. The molecule has 0 atom stereocenters. The molecule has 31 heavy (non-hydrogen) atoms. The van der Waals surface area contributed by atoms with E-state index in [4.69, 9.17) is 9.47 Å². The Bertz CT molecular complexity index is 1150. The van der Waals surface area contributed by atoms with Crippen molar-refractivity contribution in [3.8, 4) is 11.5 Å². The van der Waals surface area contributed by atoms with E-state index in [2.05, 4.69) is 10.6 Å². The number of rotatable bonds is 9. The average Bonchev–Trinajstić information content (AvgIpc) is 2.79. The van der Waals surface area contributed by atoms with Gasteiger partial charge < -0.3 is 20.1 Å². The fourth-order valence-electron chi connectivity index (χ4n) is 2.95. The van der Waals surface area contributed by atoms with Crippen molar-refractivity contribution in [3.05, 3.63) is 72.8 Å². The van der Waals surface area contributed by atoms with E-state index >= 15 is 0 Å². The number of anilines is 2. The highest BCUT2D eigenvalue weighted by Gasteiger charge is 2.22. The van der Waals surface area contributed by atoms with Crippen LogP contribution in [0.3, 0.4) is 0 Å². The van der Waals surface area contributed by atoms with Crippen LogP contribution in [0.4, 0.5) is 11.4 Å². The van der Waals surface area contributed by atoms with Gasteiger partial charge in [0.25, 0.3) is 0 Å². The second-order valence-corrected chi connectivity index (χ2v) is 8.43. The first-order valence-electron chi connectivity index (χ1n) is 9.69. The van der Waals surface area contributed by atoms with E-state index in [-0.39, 0.29) is 22.2 Å². The van der Waals surface area contributed by atoms with Crippen molar-refractivity contribution in [1.82, 2.24) is 0 Å². The van der Waals surface area contributed by atoms with E-state index in [0.29, 0.717) is 29.5 Å². The molecule has 0 aromatic heterocycles. The van der Waals surface area contributed by atoms with Gasteiger partial charge in [-0.2, -0.15) is 0 Å². The van der Waals surface area contributed by atoms with Gasteiger partial charge >= 0.3 is 0 Å². The predicted molar refractivity (Wildman–Crippen MR) is 120 cm³/mol. The molecular weight excluding hydrogens is 416 g/mol. The van der Waals surface area contributed by atoms with Gasteiger partial charge in [-0.15, -0.1) is 0 Å². The minimum Gasteiger partial charge on any atom is -0.497 e. The Hall–Kier alpha value is -3.52. The van der Waals surface area contributed by atoms with Crippen LogP contribution >= 0.6 is 0 Å². The molecule has 0 fully saturated rings. The maximum atomic E-state index is 13.2. The van der Waals surface area contributed by atoms with Crippen molar-refractivity contribution in [2.24, 2.45) is 0 Å². The van der Waals surface area contributed by atoms with E-state index in [0.717, 1.165) is 0 Å². The van der Waals surface area contributed by atoms with Crippen molar-refractivity contribution in [2.45, 2.75) is 16.7 Å². The van der Waals surface area contributed by atoms with E-state index in [1.807, 2.05) is 13.0 Å². The largest absolute Gasteiger partial charge is 0.497 e. The molecule has 3 aromatic rings. The molecule has 0 saturated heterocycles. The van der Waals surface area contributed by atoms with E-state index in [1.54, 1.807) is 48.5 Å². The molecule has 0 saturated carbocycles. The Morgan fingerprint density at radius 3 is 2.35 bits per heavy atom. The maximum Gasteiger partial charge on any atom is 0.243 e. The molecule has 0 aliphatic carbocycles. The highest BCUT2D eigenvalue weighted by atomic mass is 32.2. The average molecular weight is 441 g/mol. The zero-order chi connectivity index (χ0) is 22.3. The number of carbonyl (C=O) groups is 1. The van der Waals surface area contributed by atoms with Crippen molar-refractivity contribution in [2.75, 3.05) is 30.9 Å². The lowest BCUT2D eigenvalue weighted by Gasteiger charge is -2.15. The van der Waals surface area contributed by atoms with Gasteiger partial charge in [-0.25, -0.2) is 8.42 Å². The number of amides is 1. The third-order valence-electron chi connectivity index (χ3n) is 4.43. The highest BCUT2D eigenvalue weighted by Crippen LogP contribution is 2.31. The monoisotopic (exact) mass is 440 g/mol. The molecule has 8 heteroatoms. The summed E-state index contributed by atoms with van der Waals surface area (Å²) < 4.78 is 37.0. The van der Waals surface area contributed by atoms with E-state index in [9.17, 15) is 13.2 Å². The number of methoxy groups -OCH3 is 1. The Morgan fingerprint density at radius 1 is 0.935 bits per heavy atom. The Morgan fingerprint density at radius 2 is 1.65 bits per heavy atom. The number of hydrogen-bond acceptors (Lipinski definition) is 6. The van der Waals surface area contributed by atoms with Gasteiger partial charge in [0.1, 0.15) is 11.5 Å². The zero-order valence-corrected chi connectivity index (χ0v) is 18.1. The molecule has 7 nitrogen and oxygen atoms in total. The first-order valence-corrected chi connectivity index (χ1v) is 11.2. The van der Waals surface area contributed by atoms with Crippen LogP contribution in [0.5, 0.6) is 11.5 Å². The fourth-order valence-corrected chi connectivity index (χ4v) is 4.42. The van der Waals surface area contributed by atoms with Gasteiger partial charge in [0.2, 0.25) is 15.7 Å². The number of para-hydroxylation sites is 2. The van der Waals surface area contributed by atoms with Gasteiger partial charge in [0, 0.05) is 6.07 Å². The predicted octanol–water partition coefficient (Wildman–Crippen LogP) is 3.98. The normalized spacial score (nSPS) is 10.9. The maximum absolute atomic E-state index is 13.2. The van der Waals surface area contributed by atoms with Crippen LogP contribution in [0, 0.1) is 0 Å². The molecule has 3 aromatic carbocycles. The summed E-state index contributed by atoms with van der Waals surface area (Å²) >= 11 is 0. The number of nitrogens with one attached hydrogen (secondary N) is 2. The van der Waals surface area contributed by atoms with Crippen LogP contribution in [-0.2, 0) is 14.6 Å². The van der Waals surface area contributed by atoms with Crippen molar-refractivity contribution >= 4 is 27.1 Å². The summed E-state index contributed by atoms with van der Waals surface area (Å²) in [6, 6.07) is 19.9. The summed E-state index contributed by atoms with van der Waals surface area (Å²) in [5.74, 6) is 0.622. The Kier molecular flexibility index (Phi) is 7.15. The molecular formula is C23H24N2O5S. The van der Waals surface area contributed by atoms with Gasteiger partial charge in [0.15, 0.2) is 0 Å². The number of benzene rings is 3. The van der Waals surface area contributed by atoms with Crippen LogP contribution in [0.25, 0.3) is 0 Å². The molecule has 0 bridgehead atoms. The molecule has 0 aliphatic heterocycles. The summed E-state index contributed by atoms with van der Waals surface area (Å²) in [5, 5.41) is 5.70. The summed E-state index contributed by atoms with van der Waals surface area (Å²) in [7, 11) is -2.35. The molecule has 2 N–H and O–H groups in total. The lowest BCUT2D eigenvalue weighted by atomic mass is 10.3. The Labute approximate surface area is 181 Å². The van der Waals surface area contributed by atoms with Crippen molar-refractivity contribution in [3.63, 3.8) is 0 Å². The third-order valence-corrected chi connectivity index (χ3v) is 6.24. The van der Waals surface area contributed by atoms with Crippen molar-refractivity contribution in [1.29, 1.82) is 0 Å². The molecule has 162 valence electrons. The quantitative estimate of drug-likeness (QED) is 0.523. The number of hydrogen-bond donors (Lipinski definition) is 2. The van der Waals surface area contributed by atoms with Gasteiger partial charge in [-0.3, -0.25) is 4.79 Å². The van der Waals surface area contributed by atoms with Gasteiger partial charge in [-0.05, 0) is 43.3 Å². The molecule has 1 amide bonds. The first kappa shape index (κ1) is 22.2. The summed E-state index contributed by atoms with van der Waals surface area (Å²) in [5.41, 5.74) is 0.848. The summed E-state index contributed by atoms with van der Waals surface area (Å²) in [6.45, 7) is 2.19. The fraction of sp³-hybridized carbons (Fsp3) is 0.174.